The van der Waals surface area contributed by atoms with Crippen molar-refractivity contribution >= 4 is 0 Å². The molecule has 0 radical (unpaired) electrons. The Labute approximate surface area is 61.2 Å². The van der Waals surface area contributed by atoms with Crippen LogP contribution in [0.3, 0.4) is 0 Å². The van der Waals surface area contributed by atoms with E-state index in [1.807, 2.05) is 24.3 Å². The van der Waals surface area contributed by atoms with Gasteiger partial charge in [-0.25, -0.2) is 0 Å². The van der Waals surface area contributed by atoms with Gasteiger partial charge >= 0.3 is 1.43 Å². The zero-order chi connectivity index (χ0) is 6.81. The average Bonchev–Trinajstić information content (AvgIpc) is 2.05. The van der Waals surface area contributed by atoms with E-state index in [4.69, 9.17) is 0 Å². The number of nitrogens with zero attached hydrogens (tertiary/aromatic N) is 1. The molecular weight excluding hydrogens is 122 g/mol. The monoisotopic (exact) mass is 128 g/mol. The molecule has 1 nitrogen and oxygen atoms in total. The van der Waals surface area contributed by atoms with E-state index in [-0.39, 0.29) is 1.43 Å². The molecule has 0 saturated carbocycles. The Morgan fingerprint density at radius 2 is 2.60 bits per heavy atom. The summed E-state index contributed by atoms with van der Waals surface area (Å²) in [5.41, 5.74) is 4.90. The van der Waals surface area contributed by atoms with Crippen LogP contribution < -0.4 is 0 Å². The van der Waals surface area contributed by atoms with Crippen LogP contribution in [0.15, 0.2) is 47.5 Å². The van der Waals surface area contributed by atoms with Gasteiger partial charge in [-0.2, -0.15) is 0 Å². The standard InChI is InChI=1S/C9H5N/c1-2-6-9-8(4-1)5-3-7-10-9/h1-2,4-5,7H/p+1. The molecule has 0 aromatic heterocycles. The van der Waals surface area contributed by atoms with Crippen molar-refractivity contribution in [3.8, 4) is 0 Å². The summed E-state index contributed by atoms with van der Waals surface area (Å²) in [6.45, 7) is 0. The molecule has 2 aliphatic rings. The lowest BCUT2D eigenvalue weighted by molar-refractivity contribution is 1.42. The molecule has 2 rings (SSSR count). The summed E-state index contributed by atoms with van der Waals surface area (Å²) >= 11 is 0. The molecule has 46 valence electrons. The first kappa shape index (κ1) is 5.25. The first-order chi connectivity index (χ1) is 4.97. The van der Waals surface area contributed by atoms with Crippen LogP contribution in [0.4, 0.5) is 0 Å². The molecule has 0 N–H and O–H groups in total. The zero-order valence-electron chi connectivity index (χ0n) is 6.33. The molecular formula is C9H6N+. The fourth-order valence-electron chi connectivity index (χ4n) is 0.898. The molecule has 0 aromatic carbocycles. The van der Waals surface area contributed by atoms with Gasteiger partial charge in [-0.1, -0.05) is 0 Å². The normalized spacial score (nSPS) is 18.4. The fraction of sp³-hybridized carbons (Fsp3) is 0. The Morgan fingerprint density at radius 3 is 3.50 bits per heavy atom. The van der Waals surface area contributed by atoms with Gasteiger partial charge in [0, 0.05) is 23.9 Å². The van der Waals surface area contributed by atoms with E-state index >= 15 is 0 Å². The van der Waals surface area contributed by atoms with Crippen LogP contribution >= 0.6 is 0 Å². The summed E-state index contributed by atoms with van der Waals surface area (Å²) in [5, 5.41) is 4.07. The highest BCUT2D eigenvalue weighted by atomic mass is 14.9. The first-order valence-corrected chi connectivity index (χ1v) is 3.09. The average molecular weight is 128 g/mol. The van der Waals surface area contributed by atoms with Crippen molar-refractivity contribution in [1.82, 2.24) is 0 Å². The van der Waals surface area contributed by atoms with Crippen molar-refractivity contribution in [2.45, 2.75) is 0 Å². The maximum atomic E-state index is 4.07. The Hall–Kier alpha value is -1.55. The van der Waals surface area contributed by atoms with Gasteiger partial charge in [0.05, 0.1) is 11.6 Å². The van der Waals surface area contributed by atoms with E-state index in [1.165, 1.54) is 0 Å². The van der Waals surface area contributed by atoms with Crippen LogP contribution in [0, 0.1) is 6.08 Å². The smallest absolute Gasteiger partial charge is 0.626 e. The quantitative estimate of drug-likeness (QED) is 0.351. The maximum absolute atomic E-state index is 4.07. The summed E-state index contributed by atoms with van der Waals surface area (Å²) in [5.74, 6) is 0. The van der Waals surface area contributed by atoms with Crippen molar-refractivity contribution in [2.75, 3.05) is 0 Å². The topological polar surface area (TPSA) is 14.1 Å². The van der Waals surface area contributed by atoms with Gasteiger partial charge in [0.1, 0.15) is 6.08 Å². The third-order valence-corrected chi connectivity index (χ3v) is 1.37. The predicted octanol–water partition coefficient (Wildman–Crippen LogP) is 2.34. The highest BCUT2D eigenvalue weighted by Crippen LogP contribution is 2.23. The Bertz CT molecular complexity index is 302. The van der Waals surface area contributed by atoms with Gasteiger partial charge in [-0.3, -0.25) is 0 Å². The largest absolute Gasteiger partial charge is 1.00 e. The molecule has 0 unspecified atom stereocenters. The Kier molecular flexibility index (Phi) is 1.05. The van der Waals surface area contributed by atoms with E-state index in [0.717, 1.165) is 11.3 Å². The second-order valence-corrected chi connectivity index (χ2v) is 2.04. The van der Waals surface area contributed by atoms with Gasteiger partial charge in [-0.15, -0.1) is 11.9 Å². The molecule has 0 amide bonds. The van der Waals surface area contributed by atoms with Crippen LogP contribution in [0.2, 0.25) is 0 Å². The van der Waals surface area contributed by atoms with Crippen LogP contribution in [-0.2, 0) is 0 Å². The lowest BCUT2D eigenvalue weighted by Gasteiger charge is -2.16. The molecule has 0 bridgehead atoms. The van der Waals surface area contributed by atoms with Crippen LogP contribution in [-0.4, -0.2) is 0 Å². The van der Waals surface area contributed by atoms with Gasteiger partial charge < -0.3 is 5.32 Å². The van der Waals surface area contributed by atoms with Crippen molar-refractivity contribution in [2.24, 2.45) is 0 Å². The molecule has 0 atom stereocenters. The van der Waals surface area contributed by atoms with Gasteiger partial charge in [0.15, 0.2) is 0 Å². The van der Waals surface area contributed by atoms with Gasteiger partial charge in [0.25, 0.3) is 0 Å². The number of fused-ring (bicyclic) bond motifs is 1. The number of rotatable bonds is 0. The highest BCUT2D eigenvalue weighted by molar-refractivity contribution is 5.54. The summed E-state index contributed by atoms with van der Waals surface area (Å²) in [6.07, 6.45) is 12.4. The lowest BCUT2D eigenvalue weighted by Crippen LogP contribution is -1.89. The second-order valence-electron chi connectivity index (χ2n) is 2.04. The summed E-state index contributed by atoms with van der Waals surface area (Å²) in [6, 6.07) is 0. The minimum atomic E-state index is 0. The SMILES string of the molecule is C1=C[N-]C2=[C+]C=CC=C2C=1.[H+]. The van der Waals surface area contributed by atoms with Crippen molar-refractivity contribution in [3.05, 3.63) is 58.9 Å². The minimum absolute atomic E-state index is 0. The molecule has 0 spiro atoms. The number of allylic oxidation sites excluding steroid dienone is 5. The molecule has 0 aromatic rings. The van der Waals surface area contributed by atoms with Crippen LogP contribution in [0.25, 0.3) is 5.32 Å². The molecule has 1 heterocycles. The van der Waals surface area contributed by atoms with E-state index in [9.17, 15) is 0 Å². The summed E-state index contributed by atoms with van der Waals surface area (Å²) in [7, 11) is 0. The lowest BCUT2D eigenvalue weighted by atomic mass is 10.1. The molecule has 10 heavy (non-hydrogen) atoms. The predicted molar refractivity (Wildman–Crippen MR) is 41.1 cm³/mol. The first-order valence-electron chi connectivity index (χ1n) is 3.09. The van der Waals surface area contributed by atoms with E-state index < -0.39 is 0 Å². The van der Waals surface area contributed by atoms with Crippen molar-refractivity contribution in [1.29, 1.82) is 0 Å². The van der Waals surface area contributed by atoms with E-state index in [1.54, 1.807) is 6.20 Å². The second kappa shape index (κ2) is 2.00. The Morgan fingerprint density at radius 1 is 1.60 bits per heavy atom. The van der Waals surface area contributed by atoms with Crippen LogP contribution in [0.5, 0.6) is 0 Å². The van der Waals surface area contributed by atoms with E-state index in [0.29, 0.717) is 0 Å². The van der Waals surface area contributed by atoms with Gasteiger partial charge in [0.2, 0.25) is 0 Å². The third-order valence-electron chi connectivity index (χ3n) is 1.37. The van der Waals surface area contributed by atoms with Crippen LogP contribution in [0.1, 0.15) is 1.43 Å². The maximum Gasteiger partial charge on any atom is 1.00 e. The molecule has 1 aliphatic heterocycles. The van der Waals surface area contributed by atoms with E-state index in [2.05, 4.69) is 17.1 Å². The Balaban J connectivity index is 0.000000605. The zero-order valence-corrected chi connectivity index (χ0v) is 5.33. The minimum Gasteiger partial charge on any atom is -0.626 e. The third kappa shape index (κ3) is 0.708. The summed E-state index contributed by atoms with van der Waals surface area (Å²) < 4.78 is 0. The number of hydrogen-bond acceptors (Lipinski definition) is 0. The molecule has 1 heteroatoms. The number of hydrogen-bond donors (Lipinski definition) is 0. The molecule has 0 fully saturated rings. The molecule has 0 saturated heterocycles. The highest BCUT2D eigenvalue weighted by Gasteiger charge is 2.04. The van der Waals surface area contributed by atoms with Gasteiger partial charge in [-0.05, 0) is 0 Å². The fourth-order valence-corrected chi connectivity index (χ4v) is 0.898. The van der Waals surface area contributed by atoms with Crippen molar-refractivity contribution < 1.29 is 1.43 Å². The molecule has 1 aliphatic carbocycles. The van der Waals surface area contributed by atoms with Crippen molar-refractivity contribution in [3.63, 3.8) is 0 Å². The summed E-state index contributed by atoms with van der Waals surface area (Å²) in [4.78, 5) is 0.